The van der Waals surface area contributed by atoms with Crippen LogP contribution >= 0.6 is 0 Å². The minimum absolute atomic E-state index is 0.342. The van der Waals surface area contributed by atoms with Gasteiger partial charge in [-0.05, 0) is 79.9 Å². The van der Waals surface area contributed by atoms with E-state index in [4.69, 9.17) is 15.0 Å². The van der Waals surface area contributed by atoms with Gasteiger partial charge in [-0.2, -0.15) is 0 Å². The van der Waals surface area contributed by atoms with E-state index >= 15 is 0 Å². The highest BCUT2D eigenvalue weighted by Crippen LogP contribution is 2.63. The maximum atomic E-state index is 14.5. The number of rotatable bonds is 3. The molecule has 0 saturated carbocycles. The van der Waals surface area contributed by atoms with Crippen molar-refractivity contribution in [1.29, 1.82) is 0 Å². The van der Waals surface area contributed by atoms with Gasteiger partial charge in [-0.1, -0.05) is 164 Å². The first-order valence-corrected chi connectivity index (χ1v) is 20.8. The molecule has 0 saturated heterocycles. The second kappa shape index (κ2) is 12.1. The second-order valence-electron chi connectivity index (χ2n) is 15.1. The van der Waals surface area contributed by atoms with Gasteiger partial charge in [-0.15, -0.1) is 0 Å². The van der Waals surface area contributed by atoms with Crippen LogP contribution in [0.25, 0.3) is 78.7 Å². The smallest absolute Gasteiger partial charge is 0.207 e. The zero-order valence-electron chi connectivity index (χ0n) is 31.0. The SMILES string of the molecule is O=S1(=O)c2ccccc2-c2cc3c(cc21)C1(c2ccccc2-c2ccccc2-c2ccc(-c4nc(-c5ccccc5)nc(-c5ccccc5)n4)cc21)c1ccccc1-3. The summed E-state index contributed by atoms with van der Waals surface area (Å²) in [7, 11) is -3.79. The Morgan fingerprint density at radius 2 is 0.759 bits per heavy atom. The van der Waals surface area contributed by atoms with Gasteiger partial charge in [0.25, 0.3) is 0 Å². The van der Waals surface area contributed by atoms with Gasteiger partial charge in [0, 0.05) is 27.8 Å². The Morgan fingerprint density at radius 1 is 0.310 bits per heavy atom. The van der Waals surface area contributed by atoms with Gasteiger partial charge in [-0.25, -0.2) is 23.4 Å². The first kappa shape index (κ1) is 32.9. The van der Waals surface area contributed by atoms with E-state index in [0.717, 1.165) is 83.5 Å². The fourth-order valence-corrected chi connectivity index (χ4v) is 11.4. The molecule has 1 atom stereocenters. The number of fused-ring (bicyclic) bond motifs is 15. The van der Waals surface area contributed by atoms with Crippen LogP contribution in [0.1, 0.15) is 22.3 Å². The van der Waals surface area contributed by atoms with Crippen LogP contribution in [0, 0.1) is 0 Å². The highest BCUT2D eigenvalue weighted by Gasteiger charge is 2.51. The van der Waals surface area contributed by atoms with Crippen molar-refractivity contribution in [2.45, 2.75) is 15.2 Å². The van der Waals surface area contributed by atoms with Crippen LogP contribution < -0.4 is 0 Å². The molecule has 58 heavy (non-hydrogen) atoms. The van der Waals surface area contributed by atoms with E-state index < -0.39 is 15.3 Å². The van der Waals surface area contributed by atoms with Crippen LogP contribution in [-0.2, 0) is 15.3 Å². The van der Waals surface area contributed by atoms with Gasteiger partial charge < -0.3 is 0 Å². The standard InChI is InChI=1S/C52H31N3O2S/c56-58(57)47-26-14-11-23-40(47)42-30-41-38-22-10-13-25-44(38)52(46(41)31-48(42)58)43-24-12-9-21-37(43)35-19-7-8-20-36(35)39-28-27-34(29-45(39)52)51-54-49(32-15-3-1-4-16-32)53-50(55-51)33-17-5-2-6-18-33/h1-31H. The summed E-state index contributed by atoms with van der Waals surface area (Å²) in [5.41, 5.74) is 13.8. The molecule has 5 nitrogen and oxygen atoms in total. The third kappa shape index (κ3) is 4.46. The van der Waals surface area contributed by atoms with Crippen molar-refractivity contribution in [2.75, 3.05) is 0 Å². The molecule has 0 amide bonds. The number of nitrogens with zero attached hydrogens (tertiary/aromatic N) is 3. The Labute approximate surface area is 336 Å². The Balaban J connectivity index is 1.21. The lowest BCUT2D eigenvalue weighted by atomic mass is 9.65. The van der Waals surface area contributed by atoms with Gasteiger partial charge in [0.2, 0.25) is 9.84 Å². The second-order valence-corrected chi connectivity index (χ2v) is 17.0. The van der Waals surface area contributed by atoms with Crippen molar-refractivity contribution in [1.82, 2.24) is 15.0 Å². The van der Waals surface area contributed by atoms with Gasteiger partial charge in [0.05, 0.1) is 15.2 Å². The monoisotopic (exact) mass is 761 g/mol. The van der Waals surface area contributed by atoms with E-state index in [-0.39, 0.29) is 0 Å². The summed E-state index contributed by atoms with van der Waals surface area (Å²) in [6.07, 6.45) is 0. The summed E-state index contributed by atoms with van der Waals surface area (Å²) < 4.78 is 28.9. The molecule has 6 heteroatoms. The largest absolute Gasteiger partial charge is 0.218 e. The number of hydrogen-bond acceptors (Lipinski definition) is 5. The molecule has 1 aliphatic heterocycles. The first-order chi connectivity index (χ1) is 28.5. The molecule has 1 unspecified atom stereocenters. The molecule has 8 aromatic carbocycles. The number of benzene rings is 8. The molecule has 12 rings (SSSR count). The van der Waals surface area contributed by atoms with E-state index in [9.17, 15) is 8.42 Å². The molecule has 1 spiro atoms. The summed E-state index contributed by atoms with van der Waals surface area (Å²) in [6, 6.07) is 63.8. The van der Waals surface area contributed by atoms with Crippen molar-refractivity contribution in [3.05, 3.63) is 210 Å². The van der Waals surface area contributed by atoms with Gasteiger partial charge in [-0.3, -0.25) is 0 Å². The molecule has 0 radical (unpaired) electrons. The zero-order chi connectivity index (χ0) is 38.6. The molecule has 9 aromatic rings. The highest BCUT2D eigenvalue weighted by atomic mass is 32.2. The van der Waals surface area contributed by atoms with E-state index in [1.807, 2.05) is 78.9 Å². The molecule has 2 heterocycles. The van der Waals surface area contributed by atoms with Crippen LogP contribution in [0.4, 0.5) is 0 Å². The third-order valence-corrected chi connectivity index (χ3v) is 14.0. The first-order valence-electron chi connectivity index (χ1n) is 19.4. The van der Waals surface area contributed by atoms with Crippen molar-refractivity contribution in [2.24, 2.45) is 0 Å². The third-order valence-electron chi connectivity index (χ3n) is 12.1. The summed E-state index contributed by atoms with van der Waals surface area (Å²) in [5, 5.41) is 0. The van der Waals surface area contributed by atoms with E-state index in [1.54, 1.807) is 12.1 Å². The normalized spacial score (nSPS) is 15.9. The van der Waals surface area contributed by atoms with Crippen molar-refractivity contribution >= 4 is 9.84 Å². The molecule has 0 bridgehead atoms. The Bertz CT molecular complexity index is 3250. The Morgan fingerprint density at radius 3 is 1.36 bits per heavy atom. The number of hydrogen-bond donors (Lipinski definition) is 0. The average molecular weight is 762 g/mol. The average Bonchev–Trinajstić information content (AvgIpc) is 3.66. The van der Waals surface area contributed by atoms with Crippen molar-refractivity contribution < 1.29 is 8.42 Å². The molecule has 0 N–H and O–H groups in total. The summed E-state index contributed by atoms with van der Waals surface area (Å²) in [5.74, 6) is 1.72. The van der Waals surface area contributed by atoms with Crippen LogP contribution in [0.15, 0.2) is 198 Å². The maximum absolute atomic E-state index is 14.5. The van der Waals surface area contributed by atoms with E-state index in [1.165, 1.54) is 0 Å². The summed E-state index contributed by atoms with van der Waals surface area (Å²) >= 11 is 0. The molecule has 3 aliphatic rings. The lowest BCUT2D eigenvalue weighted by molar-refractivity contribution is 0.598. The quantitative estimate of drug-likeness (QED) is 0.179. The number of sulfone groups is 1. The Hall–Kier alpha value is -7.28. The van der Waals surface area contributed by atoms with Crippen LogP contribution in [0.5, 0.6) is 0 Å². The van der Waals surface area contributed by atoms with Gasteiger partial charge in [0.1, 0.15) is 0 Å². The molecule has 2 aliphatic carbocycles. The maximum Gasteiger partial charge on any atom is 0.207 e. The molecule has 0 fully saturated rings. The summed E-state index contributed by atoms with van der Waals surface area (Å²) in [6.45, 7) is 0. The van der Waals surface area contributed by atoms with Crippen LogP contribution in [0.2, 0.25) is 0 Å². The minimum Gasteiger partial charge on any atom is -0.218 e. The van der Waals surface area contributed by atoms with Gasteiger partial charge in [0.15, 0.2) is 17.5 Å². The molecule has 272 valence electrons. The lowest BCUT2D eigenvalue weighted by Gasteiger charge is -2.35. The molecular weight excluding hydrogens is 731 g/mol. The number of aromatic nitrogens is 3. The Kier molecular flexibility index (Phi) is 6.87. The van der Waals surface area contributed by atoms with E-state index in [2.05, 4.69) is 97.1 Å². The van der Waals surface area contributed by atoms with E-state index in [0.29, 0.717) is 27.3 Å². The fraction of sp³-hybridized carbons (Fsp3) is 0.0192. The highest BCUT2D eigenvalue weighted by molar-refractivity contribution is 7.92. The summed E-state index contributed by atoms with van der Waals surface area (Å²) in [4.78, 5) is 16.0. The fourth-order valence-electron chi connectivity index (χ4n) is 9.67. The molecule has 1 aromatic heterocycles. The minimum atomic E-state index is -3.79. The predicted octanol–water partition coefficient (Wildman–Crippen LogP) is 11.7. The van der Waals surface area contributed by atoms with Crippen LogP contribution in [-0.4, -0.2) is 23.4 Å². The van der Waals surface area contributed by atoms with Gasteiger partial charge >= 0.3 is 0 Å². The predicted molar refractivity (Wildman–Crippen MR) is 229 cm³/mol. The molecular formula is C52H31N3O2S. The van der Waals surface area contributed by atoms with Crippen molar-refractivity contribution in [3.63, 3.8) is 0 Å². The topological polar surface area (TPSA) is 72.8 Å². The zero-order valence-corrected chi connectivity index (χ0v) is 31.8. The lowest BCUT2D eigenvalue weighted by Crippen LogP contribution is -2.29. The van der Waals surface area contributed by atoms with Crippen LogP contribution in [0.3, 0.4) is 0 Å². The van der Waals surface area contributed by atoms with Crippen molar-refractivity contribution in [3.8, 4) is 78.7 Å².